The number of hydrogen-bond acceptors (Lipinski definition) is 4. The molecule has 0 spiro atoms. The SMILES string of the molecule is O=C(NC(c1ccc(F)cc1)c1ccccn1)C1CCN(C(=O)N2CCOCC2)CC1. The molecule has 1 aromatic carbocycles. The lowest BCUT2D eigenvalue weighted by Crippen LogP contribution is -2.51. The third-order valence-electron chi connectivity index (χ3n) is 5.89. The maximum atomic E-state index is 13.4. The minimum atomic E-state index is -0.456. The molecule has 2 aromatic rings. The lowest BCUT2D eigenvalue weighted by atomic mass is 9.94. The summed E-state index contributed by atoms with van der Waals surface area (Å²) < 4.78 is 18.7. The van der Waals surface area contributed by atoms with Gasteiger partial charge in [0.2, 0.25) is 5.91 Å². The molecule has 2 saturated heterocycles. The van der Waals surface area contributed by atoms with E-state index in [0.29, 0.717) is 57.9 Å². The molecule has 1 unspecified atom stereocenters. The second-order valence-electron chi connectivity index (χ2n) is 7.89. The molecule has 0 bridgehead atoms. The molecular formula is C23H27FN4O3. The van der Waals surface area contributed by atoms with Crippen molar-refractivity contribution in [3.8, 4) is 0 Å². The number of ether oxygens (including phenoxy) is 1. The zero-order valence-corrected chi connectivity index (χ0v) is 17.4. The molecule has 0 radical (unpaired) electrons. The molecule has 2 aliphatic heterocycles. The summed E-state index contributed by atoms with van der Waals surface area (Å²) in [5, 5.41) is 3.09. The number of carbonyl (C=O) groups excluding carboxylic acids is 2. The monoisotopic (exact) mass is 426 g/mol. The largest absolute Gasteiger partial charge is 0.378 e. The number of carbonyl (C=O) groups is 2. The third kappa shape index (κ3) is 5.19. The Kier molecular flexibility index (Phi) is 6.76. The van der Waals surface area contributed by atoms with E-state index in [1.54, 1.807) is 18.3 Å². The van der Waals surface area contributed by atoms with Crippen molar-refractivity contribution >= 4 is 11.9 Å². The van der Waals surface area contributed by atoms with Crippen molar-refractivity contribution in [3.63, 3.8) is 0 Å². The van der Waals surface area contributed by atoms with Gasteiger partial charge in [-0.1, -0.05) is 18.2 Å². The smallest absolute Gasteiger partial charge is 0.320 e. The summed E-state index contributed by atoms with van der Waals surface area (Å²) in [5.41, 5.74) is 1.47. The highest BCUT2D eigenvalue weighted by molar-refractivity contribution is 5.80. The summed E-state index contributed by atoms with van der Waals surface area (Å²) in [6, 6.07) is 11.2. The average Bonchev–Trinajstić information content (AvgIpc) is 2.84. The van der Waals surface area contributed by atoms with Gasteiger partial charge in [0.1, 0.15) is 5.82 Å². The summed E-state index contributed by atoms with van der Waals surface area (Å²) in [6.45, 7) is 3.48. The van der Waals surface area contributed by atoms with E-state index in [1.165, 1.54) is 12.1 Å². The molecule has 0 aliphatic carbocycles. The Morgan fingerprint density at radius 3 is 2.32 bits per heavy atom. The van der Waals surface area contributed by atoms with E-state index in [9.17, 15) is 14.0 Å². The number of amides is 3. The summed E-state index contributed by atoms with van der Waals surface area (Å²) in [7, 11) is 0. The van der Waals surface area contributed by atoms with Gasteiger partial charge < -0.3 is 19.9 Å². The number of likely N-dealkylation sites (tertiary alicyclic amines) is 1. The summed E-state index contributed by atoms with van der Waals surface area (Å²) >= 11 is 0. The first-order valence-corrected chi connectivity index (χ1v) is 10.7. The van der Waals surface area contributed by atoms with E-state index in [2.05, 4.69) is 10.3 Å². The third-order valence-corrected chi connectivity index (χ3v) is 5.89. The summed E-state index contributed by atoms with van der Waals surface area (Å²) in [5.74, 6) is -0.578. The summed E-state index contributed by atoms with van der Waals surface area (Å²) in [6.07, 6.45) is 2.90. The fraction of sp³-hybridized carbons (Fsp3) is 0.435. The van der Waals surface area contributed by atoms with Crippen LogP contribution in [-0.4, -0.2) is 66.1 Å². The van der Waals surface area contributed by atoms with Gasteiger partial charge >= 0.3 is 6.03 Å². The molecule has 2 aliphatic rings. The van der Waals surface area contributed by atoms with Gasteiger partial charge in [0, 0.05) is 38.3 Å². The lowest BCUT2D eigenvalue weighted by Gasteiger charge is -2.37. The zero-order chi connectivity index (χ0) is 21.6. The number of benzene rings is 1. The van der Waals surface area contributed by atoms with Crippen LogP contribution in [0.3, 0.4) is 0 Å². The molecule has 2 fully saturated rings. The first-order chi connectivity index (χ1) is 15.1. The Labute approximate surface area is 181 Å². The number of halogens is 1. The number of aromatic nitrogens is 1. The van der Waals surface area contributed by atoms with Gasteiger partial charge in [-0.25, -0.2) is 9.18 Å². The quantitative estimate of drug-likeness (QED) is 0.816. The van der Waals surface area contributed by atoms with Crippen LogP contribution in [0.4, 0.5) is 9.18 Å². The van der Waals surface area contributed by atoms with Crippen molar-refractivity contribution in [2.75, 3.05) is 39.4 Å². The van der Waals surface area contributed by atoms with Crippen molar-refractivity contribution in [1.82, 2.24) is 20.1 Å². The van der Waals surface area contributed by atoms with Crippen molar-refractivity contribution in [3.05, 3.63) is 65.7 Å². The standard InChI is InChI=1S/C23H27FN4O3/c24-19-6-4-17(5-7-19)21(20-3-1-2-10-25-20)26-22(29)18-8-11-27(12-9-18)23(30)28-13-15-31-16-14-28/h1-7,10,18,21H,8-9,11-16H2,(H,26,29). The van der Waals surface area contributed by atoms with E-state index in [4.69, 9.17) is 4.74 Å². The second kappa shape index (κ2) is 9.87. The van der Waals surface area contributed by atoms with Crippen LogP contribution in [0.25, 0.3) is 0 Å². The number of piperidine rings is 1. The van der Waals surface area contributed by atoms with E-state index < -0.39 is 6.04 Å². The van der Waals surface area contributed by atoms with E-state index in [1.807, 2.05) is 28.0 Å². The van der Waals surface area contributed by atoms with Crippen LogP contribution in [0.15, 0.2) is 48.7 Å². The molecule has 4 rings (SSSR count). The van der Waals surface area contributed by atoms with E-state index in [0.717, 1.165) is 5.56 Å². The maximum absolute atomic E-state index is 13.4. The predicted octanol–water partition coefficient (Wildman–Crippen LogP) is 2.59. The predicted molar refractivity (Wildman–Crippen MR) is 113 cm³/mol. The topological polar surface area (TPSA) is 74.8 Å². The first-order valence-electron chi connectivity index (χ1n) is 10.7. The van der Waals surface area contributed by atoms with E-state index in [-0.39, 0.29) is 23.7 Å². The number of nitrogens with one attached hydrogen (secondary N) is 1. The number of morpholine rings is 1. The van der Waals surface area contributed by atoms with Crippen molar-refractivity contribution in [2.24, 2.45) is 5.92 Å². The molecule has 1 aromatic heterocycles. The van der Waals surface area contributed by atoms with Gasteiger partial charge in [0.25, 0.3) is 0 Å². The minimum absolute atomic E-state index is 0.0276. The van der Waals surface area contributed by atoms with Crippen LogP contribution in [0.2, 0.25) is 0 Å². The molecule has 164 valence electrons. The van der Waals surface area contributed by atoms with Gasteiger partial charge in [-0.3, -0.25) is 9.78 Å². The molecule has 31 heavy (non-hydrogen) atoms. The first kappa shape index (κ1) is 21.2. The Morgan fingerprint density at radius 1 is 1.00 bits per heavy atom. The van der Waals surface area contributed by atoms with E-state index >= 15 is 0 Å². The second-order valence-corrected chi connectivity index (χ2v) is 7.89. The fourth-order valence-corrected chi connectivity index (χ4v) is 4.08. The van der Waals surface area contributed by atoms with Crippen LogP contribution in [0.1, 0.15) is 30.1 Å². The van der Waals surface area contributed by atoms with Crippen molar-refractivity contribution in [2.45, 2.75) is 18.9 Å². The van der Waals surface area contributed by atoms with Crippen LogP contribution < -0.4 is 5.32 Å². The molecule has 1 atom stereocenters. The molecule has 3 heterocycles. The Morgan fingerprint density at radius 2 is 1.68 bits per heavy atom. The number of pyridine rings is 1. The van der Waals surface area contributed by atoms with Gasteiger partial charge in [0.05, 0.1) is 24.9 Å². The van der Waals surface area contributed by atoms with Crippen LogP contribution in [-0.2, 0) is 9.53 Å². The van der Waals surface area contributed by atoms with Gasteiger partial charge in [-0.2, -0.15) is 0 Å². The number of nitrogens with zero attached hydrogens (tertiary/aromatic N) is 3. The van der Waals surface area contributed by atoms with Crippen molar-refractivity contribution in [1.29, 1.82) is 0 Å². The minimum Gasteiger partial charge on any atom is -0.378 e. The highest BCUT2D eigenvalue weighted by Crippen LogP contribution is 2.24. The average molecular weight is 426 g/mol. The Hall–Kier alpha value is -3.00. The normalized spacial score (nSPS) is 18.5. The molecule has 3 amide bonds. The number of rotatable bonds is 4. The zero-order valence-electron chi connectivity index (χ0n) is 17.4. The molecule has 8 heteroatoms. The lowest BCUT2D eigenvalue weighted by molar-refractivity contribution is -0.126. The molecule has 1 N–H and O–H groups in total. The highest BCUT2D eigenvalue weighted by Gasteiger charge is 2.31. The molecular weight excluding hydrogens is 399 g/mol. The van der Waals surface area contributed by atoms with Crippen molar-refractivity contribution < 1.29 is 18.7 Å². The van der Waals surface area contributed by atoms with Gasteiger partial charge in [-0.05, 0) is 42.7 Å². The maximum Gasteiger partial charge on any atom is 0.320 e. The van der Waals surface area contributed by atoms with Gasteiger partial charge in [0.15, 0.2) is 0 Å². The molecule has 7 nitrogen and oxygen atoms in total. The Balaban J connectivity index is 1.39. The molecule has 0 saturated carbocycles. The number of urea groups is 1. The van der Waals surface area contributed by atoms with Crippen LogP contribution in [0.5, 0.6) is 0 Å². The summed E-state index contributed by atoms with van der Waals surface area (Å²) in [4.78, 5) is 33.7. The fourth-order valence-electron chi connectivity index (χ4n) is 4.08. The van der Waals surface area contributed by atoms with Crippen LogP contribution in [0, 0.1) is 11.7 Å². The highest BCUT2D eigenvalue weighted by atomic mass is 19.1. The van der Waals surface area contributed by atoms with Gasteiger partial charge in [-0.15, -0.1) is 0 Å². The number of hydrogen-bond donors (Lipinski definition) is 1. The Bertz CT molecular complexity index is 879. The van der Waals surface area contributed by atoms with Crippen LogP contribution >= 0.6 is 0 Å².